The lowest BCUT2D eigenvalue weighted by Crippen LogP contribution is -2.34. The fraction of sp³-hybridized carbons (Fsp3) is 0.727. The van der Waals surface area contributed by atoms with E-state index in [1.165, 1.54) is 0 Å². The molecule has 0 spiro atoms. The molecule has 0 aliphatic heterocycles. The van der Waals surface area contributed by atoms with Crippen molar-refractivity contribution in [3.05, 3.63) is 5.89 Å². The number of nitrogens with one attached hydrogen (secondary N) is 2. The second-order valence-electron chi connectivity index (χ2n) is 4.15. The smallest absolute Gasteiger partial charge is 0.317 e. The van der Waals surface area contributed by atoms with Gasteiger partial charge in [0, 0.05) is 20.6 Å². The van der Waals surface area contributed by atoms with E-state index in [0.717, 1.165) is 6.54 Å². The van der Waals surface area contributed by atoms with Gasteiger partial charge in [0.25, 0.3) is 0 Å². The van der Waals surface area contributed by atoms with Crippen LogP contribution in [0.1, 0.15) is 19.7 Å². The van der Waals surface area contributed by atoms with Gasteiger partial charge in [0.15, 0.2) is 0 Å². The summed E-state index contributed by atoms with van der Waals surface area (Å²) >= 11 is 0. The van der Waals surface area contributed by atoms with E-state index in [-0.39, 0.29) is 11.8 Å². The maximum atomic E-state index is 11.4. The van der Waals surface area contributed by atoms with Gasteiger partial charge in [-0.05, 0) is 6.54 Å². The first-order chi connectivity index (χ1) is 8.58. The Kier molecular flexibility index (Phi) is 5.57. The van der Waals surface area contributed by atoms with Crippen molar-refractivity contribution in [3.8, 4) is 0 Å². The quantitative estimate of drug-likeness (QED) is 0.713. The van der Waals surface area contributed by atoms with E-state index in [0.29, 0.717) is 25.0 Å². The van der Waals surface area contributed by atoms with E-state index in [1.54, 1.807) is 11.9 Å². The molecule has 102 valence electrons. The molecule has 0 aliphatic rings. The summed E-state index contributed by atoms with van der Waals surface area (Å²) < 4.78 is 5.47. The Morgan fingerprint density at radius 2 is 2.22 bits per heavy atom. The molecule has 1 atom stereocenters. The zero-order valence-corrected chi connectivity index (χ0v) is 11.4. The lowest BCUT2D eigenvalue weighted by molar-refractivity contribution is -0.123. The topological polar surface area (TPSA) is 83.3 Å². The summed E-state index contributed by atoms with van der Waals surface area (Å²) in [4.78, 5) is 13.2. The van der Waals surface area contributed by atoms with Crippen molar-refractivity contribution in [2.24, 2.45) is 5.92 Å². The van der Waals surface area contributed by atoms with Crippen molar-refractivity contribution in [2.45, 2.75) is 20.4 Å². The average molecular weight is 255 g/mol. The normalized spacial score (nSPS) is 12.2. The Balaban J connectivity index is 2.53. The molecule has 7 heteroatoms. The SMILES string of the molecule is CCNCc1nnc(N(C)CC(C)C(=O)NC)o1. The van der Waals surface area contributed by atoms with E-state index in [9.17, 15) is 4.79 Å². The minimum absolute atomic E-state index is 0.00533. The Labute approximate surface area is 107 Å². The second-order valence-corrected chi connectivity index (χ2v) is 4.15. The molecule has 1 aromatic rings. The third kappa shape index (κ3) is 3.99. The second kappa shape index (κ2) is 6.95. The van der Waals surface area contributed by atoms with Crippen LogP contribution in [0.3, 0.4) is 0 Å². The van der Waals surface area contributed by atoms with Gasteiger partial charge >= 0.3 is 6.01 Å². The van der Waals surface area contributed by atoms with Gasteiger partial charge in [-0.15, -0.1) is 5.10 Å². The number of aromatic nitrogens is 2. The molecule has 0 fully saturated rings. The molecule has 0 radical (unpaired) electrons. The Bertz CT molecular complexity index is 379. The first kappa shape index (κ1) is 14.4. The van der Waals surface area contributed by atoms with Crippen LogP contribution in [-0.2, 0) is 11.3 Å². The summed E-state index contributed by atoms with van der Waals surface area (Å²) in [5.74, 6) is 0.407. The first-order valence-corrected chi connectivity index (χ1v) is 6.04. The van der Waals surface area contributed by atoms with Crippen molar-refractivity contribution in [2.75, 3.05) is 32.1 Å². The number of anilines is 1. The number of nitrogens with zero attached hydrogens (tertiary/aromatic N) is 3. The summed E-state index contributed by atoms with van der Waals surface area (Å²) in [6.45, 7) is 5.80. The molecule has 0 saturated heterocycles. The minimum atomic E-state index is -0.135. The van der Waals surface area contributed by atoms with Crippen molar-refractivity contribution in [1.29, 1.82) is 0 Å². The van der Waals surface area contributed by atoms with Crippen molar-refractivity contribution in [1.82, 2.24) is 20.8 Å². The molecule has 0 bridgehead atoms. The van der Waals surface area contributed by atoms with Crippen LogP contribution in [0.2, 0.25) is 0 Å². The van der Waals surface area contributed by atoms with E-state index < -0.39 is 0 Å². The average Bonchev–Trinajstić information content (AvgIpc) is 2.83. The number of rotatable bonds is 7. The monoisotopic (exact) mass is 255 g/mol. The molecule has 1 heterocycles. The van der Waals surface area contributed by atoms with Crippen molar-refractivity contribution in [3.63, 3.8) is 0 Å². The van der Waals surface area contributed by atoms with E-state index >= 15 is 0 Å². The summed E-state index contributed by atoms with van der Waals surface area (Å²) in [7, 11) is 3.45. The number of carbonyl (C=O) groups is 1. The lowest BCUT2D eigenvalue weighted by atomic mass is 10.1. The molecule has 1 amide bonds. The molecular weight excluding hydrogens is 234 g/mol. The van der Waals surface area contributed by atoms with Gasteiger partial charge in [0.1, 0.15) is 0 Å². The standard InChI is InChI=1S/C11H21N5O2/c1-5-13-6-9-14-15-11(18-9)16(4)7-8(2)10(17)12-3/h8,13H,5-7H2,1-4H3,(H,12,17). The summed E-state index contributed by atoms with van der Waals surface area (Å²) in [5, 5.41) is 13.6. The largest absolute Gasteiger partial charge is 0.407 e. The van der Waals surface area contributed by atoms with Gasteiger partial charge in [-0.1, -0.05) is 18.9 Å². The van der Waals surface area contributed by atoms with Crippen molar-refractivity contribution < 1.29 is 9.21 Å². The first-order valence-electron chi connectivity index (χ1n) is 6.04. The van der Waals surface area contributed by atoms with Crippen LogP contribution >= 0.6 is 0 Å². The fourth-order valence-corrected chi connectivity index (χ4v) is 1.52. The van der Waals surface area contributed by atoms with Crippen LogP contribution < -0.4 is 15.5 Å². The molecule has 18 heavy (non-hydrogen) atoms. The number of amides is 1. The van der Waals surface area contributed by atoms with E-state index in [4.69, 9.17) is 4.42 Å². The van der Waals surface area contributed by atoms with Crippen LogP contribution in [0, 0.1) is 5.92 Å². The fourth-order valence-electron chi connectivity index (χ4n) is 1.52. The zero-order chi connectivity index (χ0) is 13.5. The van der Waals surface area contributed by atoms with Crippen LogP contribution in [0.4, 0.5) is 6.01 Å². The predicted octanol–water partition coefficient (Wildman–Crippen LogP) is -0.00260. The van der Waals surface area contributed by atoms with Gasteiger partial charge in [-0.25, -0.2) is 0 Å². The highest BCUT2D eigenvalue weighted by atomic mass is 16.4. The highest BCUT2D eigenvalue weighted by molar-refractivity contribution is 5.78. The number of carbonyl (C=O) groups excluding carboxylic acids is 1. The molecular formula is C11H21N5O2. The molecule has 2 N–H and O–H groups in total. The number of hydrogen-bond donors (Lipinski definition) is 2. The summed E-state index contributed by atoms with van der Waals surface area (Å²) in [6, 6.07) is 0.429. The zero-order valence-electron chi connectivity index (χ0n) is 11.4. The molecule has 1 rings (SSSR count). The van der Waals surface area contributed by atoms with Crippen molar-refractivity contribution >= 4 is 11.9 Å². The maximum Gasteiger partial charge on any atom is 0.317 e. The van der Waals surface area contributed by atoms with Gasteiger partial charge in [0.05, 0.1) is 12.5 Å². The summed E-state index contributed by atoms with van der Waals surface area (Å²) in [6.07, 6.45) is 0. The van der Waals surface area contributed by atoms with Crippen LogP contribution in [0.15, 0.2) is 4.42 Å². The Morgan fingerprint density at radius 3 is 2.83 bits per heavy atom. The van der Waals surface area contributed by atoms with Crippen LogP contribution in [0.25, 0.3) is 0 Å². The van der Waals surface area contributed by atoms with Gasteiger partial charge in [0.2, 0.25) is 11.8 Å². The highest BCUT2D eigenvalue weighted by Crippen LogP contribution is 2.12. The molecule has 0 aliphatic carbocycles. The van der Waals surface area contributed by atoms with Gasteiger partial charge < -0.3 is 20.0 Å². The highest BCUT2D eigenvalue weighted by Gasteiger charge is 2.17. The molecule has 1 unspecified atom stereocenters. The predicted molar refractivity (Wildman–Crippen MR) is 68.2 cm³/mol. The van der Waals surface area contributed by atoms with Crippen LogP contribution in [0.5, 0.6) is 0 Å². The van der Waals surface area contributed by atoms with E-state index in [1.807, 2.05) is 20.9 Å². The third-order valence-electron chi connectivity index (χ3n) is 2.55. The van der Waals surface area contributed by atoms with Gasteiger partial charge in [-0.2, -0.15) is 0 Å². The lowest BCUT2D eigenvalue weighted by Gasteiger charge is -2.18. The minimum Gasteiger partial charge on any atom is -0.407 e. The number of hydrogen-bond acceptors (Lipinski definition) is 6. The van der Waals surface area contributed by atoms with Gasteiger partial charge in [-0.3, -0.25) is 4.79 Å². The maximum absolute atomic E-state index is 11.4. The molecule has 1 aromatic heterocycles. The molecule has 7 nitrogen and oxygen atoms in total. The summed E-state index contributed by atoms with van der Waals surface area (Å²) in [5.41, 5.74) is 0. The Hall–Kier alpha value is -1.63. The third-order valence-corrected chi connectivity index (χ3v) is 2.55. The molecule has 0 saturated carbocycles. The van der Waals surface area contributed by atoms with Crippen LogP contribution in [-0.4, -0.2) is 43.3 Å². The Morgan fingerprint density at radius 1 is 1.50 bits per heavy atom. The van der Waals surface area contributed by atoms with E-state index in [2.05, 4.69) is 20.8 Å². The molecule has 0 aromatic carbocycles.